The van der Waals surface area contributed by atoms with Gasteiger partial charge >= 0.3 is 0 Å². The fraction of sp³-hybridized carbons (Fsp3) is 0.560. The van der Waals surface area contributed by atoms with Crippen LogP contribution in [0.2, 0.25) is 0 Å². The summed E-state index contributed by atoms with van der Waals surface area (Å²) in [4.78, 5) is 15.9. The van der Waals surface area contributed by atoms with E-state index in [2.05, 4.69) is 60.7 Å². The Labute approximate surface area is 169 Å². The number of nitrogens with zero attached hydrogens (tertiary/aromatic N) is 2. The zero-order valence-corrected chi connectivity index (χ0v) is 17.7. The molecule has 1 aromatic heterocycles. The molecule has 0 N–H and O–H groups in total. The van der Waals surface area contributed by atoms with Gasteiger partial charge in [0.25, 0.3) is 0 Å². The van der Waals surface area contributed by atoms with Crippen LogP contribution in [0.15, 0.2) is 30.3 Å². The normalized spacial score (nSPS) is 21.1. The molecule has 3 nitrogen and oxygen atoms in total. The second kappa shape index (κ2) is 8.24. The number of ketones is 1. The van der Waals surface area contributed by atoms with Crippen molar-refractivity contribution in [2.45, 2.75) is 58.9 Å². The number of piperidine rings is 1. The average Bonchev–Trinajstić information content (AvgIpc) is 2.97. The molecular weight excluding hydrogens is 344 g/mol. The summed E-state index contributed by atoms with van der Waals surface area (Å²) in [6.45, 7) is 7.74. The number of hydrogen-bond acceptors (Lipinski definition) is 2. The number of likely N-dealkylation sites (tertiary alicyclic amines) is 1. The molecule has 1 aliphatic heterocycles. The summed E-state index contributed by atoms with van der Waals surface area (Å²) in [5.74, 6) is 1.39. The lowest BCUT2D eigenvalue weighted by Crippen LogP contribution is -2.35. The Hall–Kier alpha value is -1.87. The largest absolute Gasteiger partial charge is 0.351 e. The molecule has 1 aliphatic carbocycles. The van der Waals surface area contributed by atoms with Crippen molar-refractivity contribution < 1.29 is 4.79 Å². The number of hydrogen-bond donors (Lipinski definition) is 0. The first-order valence-electron chi connectivity index (χ1n) is 11.1. The highest BCUT2D eigenvalue weighted by Crippen LogP contribution is 2.36. The minimum atomic E-state index is 0.241. The van der Waals surface area contributed by atoms with E-state index in [1.807, 2.05) is 0 Å². The van der Waals surface area contributed by atoms with Crippen LogP contribution in [0.1, 0.15) is 65.5 Å². The van der Waals surface area contributed by atoms with E-state index >= 15 is 0 Å². The van der Waals surface area contributed by atoms with E-state index in [1.165, 1.54) is 35.4 Å². The molecular formula is C25H34N2O. The number of rotatable bonds is 5. The van der Waals surface area contributed by atoms with Crippen LogP contribution in [0.3, 0.4) is 0 Å². The smallest absolute Gasteiger partial charge is 0.168 e. The lowest BCUT2D eigenvalue weighted by molar-refractivity contribution is 0.0851. The molecule has 3 heteroatoms. The first kappa shape index (κ1) is 19.4. The Kier molecular flexibility index (Phi) is 5.73. The van der Waals surface area contributed by atoms with Crippen molar-refractivity contribution in [3.05, 3.63) is 58.4 Å². The topological polar surface area (TPSA) is 25.2 Å². The van der Waals surface area contributed by atoms with E-state index in [-0.39, 0.29) is 5.92 Å². The van der Waals surface area contributed by atoms with Crippen LogP contribution in [0.5, 0.6) is 0 Å². The molecule has 1 fully saturated rings. The molecule has 1 unspecified atom stereocenters. The van der Waals surface area contributed by atoms with Crippen LogP contribution in [-0.4, -0.2) is 28.3 Å². The predicted molar refractivity (Wildman–Crippen MR) is 115 cm³/mol. The highest BCUT2D eigenvalue weighted by molar-refractivity contribution is 6.01. The van der Waals surface area contributed by atoms with Crippen LogP contribution in [-0.2, 0) is 26.4 Å². The van der Waals surface area contributed by atoms with E-state index in [9.17, 15) is 4.79 Å². The van der Waals surface area contributed by atoms with Crippen molar-refractivity contribution in [2.24, 2.45) is 18.9 Å². The van der Waals surface area contributed by atoms with Gasteiger partial charge in [-0.25, -0.2) is 0 Å². The van der Waals surface area contributed by atoms with E-state index < -0.39 is 0 Å². The number of aromatic nitrogens is 1. The van der Waals surface area contributed by atoms with Gasteiger partial charge in [0.1, 0.15) is 0 Å². The van der Waals surface area contributed by atoms with Crippen molar-refractivity contribution in [3.8, 4) is 0 Å². The predicted octanol–water partition coefficient (Wildman–Crippen LogP) is 4.94. The van der Waals surface area contributed by atoms with Crippen molar-refractivity contribution in [3.63, 3.8) is 0 Å². The summed E-state index contributed by atoms with van der Waals surface area (Å²) in [5, 5.41) is 0. The molecule has 2 aromatic rings. The molecule has 2 aliphatic rings. The summed E-state index contributed by atoms with van der Waals surface area (Å²) < 4.78 is 2.27. The molecule has 1 saturated heterocycles. The van der Waals surface area contributed by atoms with Gasteiger partial charge in [0.2, 0.25) is 0 Å². The van der Waals surface area contributed by atoms with Gasteiger partial charge in [0, 0.05) is 36.5 Å². The van der Waals surface area contributed by atoms with Gasteiger partial charge in [-0.1, -0.05) is 37.3 Å². The second-order valence-electron chi connectivity index (χ2n) is 8.84. The summed E-state index contributed by atoms with van der Waals surface area (Å²) in [5.41, 5.74) is 6.36. The third kappa shape index (κ3) is 3.69. The molecule has 150 valence electrons. The maximum absolute atomic E-state index is 13.3. The van der Waals surface area contributed by atoms with Crippen molar-refractivity contribution >= 4 is 5.78 Å². The van der Waals surface area contributed by atoms with Crippen LogP contribution in [0.4, 0.5) is 0 Å². The Bertz CT molecular complexity index is 808. The fourth-order valence-electron chi connectivity index (χ4n) is 5.44. The number of benzene rings is 1. The van der Waals surface area contributed by atoms with Crippen molar-refractivity contribution in [2.75, 3.05) is 13.1 Å². The average molecular weight is 379 g/mol. The Morgan fingerprint density at radius 2 is 1.79 bits per heavy atom. The van der Waals surface area contributed by atoms with Gasteiger partial charge in [-0.3, -0.25) is 9.69 Å². The van der Waals surface area contributed by atoms with Gasteiger partial charge < -0.3 is 4.57 Å². The Morgan fingerprint density at radius 1 is 1.07 bits per heavy atom. The quantitative estimate of drug-likeness (QED) is 0.736. The SMILES string of the molecule is CCc1c2c(n(C)c1C)CCC(CC1CCN(Cc3ccccc3)CC1)C2=O. The van der Waals surface area contributed by atoms with Gasteiger partial charge in [0.05, 0.1) is 0 Å². The number of carbonyl (C=O) groups excluding carboxylic acids is 1. The highest BCUT2D eigenvalue weighted by atomic mass is 16.1. The molecule has 0 saturated carbocycles. The zero-order valence-electron chi connectivity index (χ0n) is 17.7. The van der Waals surface area contributed by atoms with Gasteiger partial charge in [0.15, 0.2) is 5.78 Å². The third-order valence-electron chi connectivity index (χ3n) is 7.21. The van der Waals surface area contributed by atoms with Crippen LogP contribution in [0.25, 0.3) is 0 Å². The molecule has 1 aromatic carbocycles. The van der Waals surface area contributed by atoms with Crippen LogP contribution >= 0.6 is 0 Å². The fourth-order valence-corrected chi connectivity index (χ4v) is 5.44. The van der Waals surface area contributed by atoms with Gasteiger partial charge in [-0.15, -0.1) is 0 Å². The molecule has 1 atom stereocenters. The first-order valence-corrected chi connectivity index (χ1v) is 11.1. The lowest BCUT2D eigenvalue weighted by atomic mass is 9.77. The molecule has 28 heavy (non-hydrogen) atoms. The van der Waals surface area contributed by atoms with E-state index in [1.54, 1.807) is 0 Å². The Morgan fingerprint density at radius 3 is 2.46 bits per heavy atom. The van der Waals surface area contributed by atoms with Gasteiger partial charge in [-0.05, 0) is 75.6 Å². The summed E-state index contributed by atoms with van der Waals surface area (Å²) in [6.07, 6.45) is 6.63. The molecule has 2 heterocycles. The molecule has 4 rings (SSSR count). The van der Waals surface area contributed by atoms with Crippen LogP contribution in [0, 0.1) is 18.8 Å². The van der Waals surface area contributed by atoms with E-state index in [4.69, 9.17) is 0 Å². The molecule has 0 spiro atoms. The minimum absolute atomic E-state index is 0.241. The summed E-state index contributed by atoms with van der Waals surface area (Å²) in [7, 11) is 2.13. The molecule has 0 amide bonds. The van der Waals surface area contributed by atoms with Crippen LogP contribution < -0.4 is 0 Å². The second-order valence-corrected chi connectivity index (χ2v) is 8.84. The maximum Gasteiger partial charge on any atom is 0.168 e. The number of Topliss-reactive ketones (excluding diaryl/α,β-unsaturated/α-hetero) is 1. The molecule has 0 radical (unpaired) electrons. The minimum Gasteiger partial charge on any atom is -0.351 e. The lowest BCUT2D eigenvalue weighted by Gasteiger charge is -2.34. The standard InChI is InChI=1S/C25H34N2O/c1-4-22-18(2)26(3)23-11-10-21(25(28)24(22)23)16-19-12-14-27(15-13-19)17-20-8-6-5-7-9-20/h5-9,19,21H,4,10-17H2,1-3H3. The van der Waals surface area contributed by atoms with Crippen molar-refractivity contribution in [1.29, 1.82) is 0 Å². The van der Waals surface area contributed by atoms with E-state index in [0.717, 1.165) is 50.9 Å². The van der Waals surface area contributed by atoms with Gasteiger partial charge in [-0.2, -0.15) is 0 Å². The first-order chi connectivity index (χ1) is 13.6. The van der Waals surface area contributed by atoms with Crippen molar-refractivity contribution in [1.82, 2.24) is 9.47 Å². The maximum atomic E-state index is 13.3. The van der Waals surface area contributed by atoms with E-state index in [0.29, 0.717) is 11.7 Å². The monoisotopic (exact) mass is 378 g/mol. The summed E-state index contributed by atoms with van der Waals surface area (Å²) >= 11 is 0. The zero-order chi connectivity index (χ0) is 19.7. The Balaban J connectivity index is 1.36. The number of fused-ring (bicyclic) bond motifs is 1. The third-order valence-corrected chi connectivity index (χ3v) is 7.21. The number of carbonyl (C=O) groups is 1. The molecule has 0 bridgehead atoms. The highest BCUT2D eigenvalue weighted by Gasteiger charge is 2.34. The summed E-state index contributed by atoms with van der Waals surface area (Å²) in [6, 6.07) is 10.8.